The number of halogens is 3. The first-order valence-electron chi connectivity index (χ1n) is 7.48. The number of benzene rings is 1. The molecule has 1 unspecified atom stereocenters. The fourth-order valence-electron chi connectivity index (χ4n) is 3.60. The lowest BCUT2D eigenvalue weighted by Gasteiger charge is -2.23. The van der Waals surface area contributed by atoms with Gasteiger partial charge in [-0.05, 0) is 61.5 Å². The molecule has 2 saturated heterocycles. The van der Waals surface area contributed by atoms with Gasteiger partial charge in [-0.1, -0.05) is 6.07 Å². The molecule has 1 aromatic rings. The van der Waals surface area contributed by atoms with Crippen LogP contribution < -0.4 is 5.32 Å². The quantitative estimate of drug-likeness (QED) is 0.902. The first kappa shape index (κ1) is 14.9. The summed E-state index contributed by atoms with van der Waals surface area (Å²) in [7, 11) is 0. The van der Waals surface area contributed by atoms with Gasteiger partial charge >= 0.3 is 6.18 Å². The average Bonchev–Trinajstić information content (AvgIpc) is 3.02. The van der Waals surface area contributed by atoms with E-state index in [0.29, 0.717) is 5.41 Å². The standard InChI is InChI=1S/C16H21F3N2/c1-12-8-14(16(17,18)19)3-2-13(12)9-21-7-5-15(11-21)4-6-20-10-15/h2-3,8,20H,4-7,9-11H2,1H3. The second-order valence-electron chi connectivity index (χ2n) is 6.53. The van der Waals surface area contributed by atoms with Gasteiger partial charge in [0.15, 0.2) is 0 Å². The SMILES string of the molecule is Cc1cc(C(F)(F)F)ccc1CN1CCC2(CCNC2)C1. The molecule has 0 radical (unpaired) electrons. The Kier molecular flexibility index (Phi) is 3.74. The molecular weight excluding hydrogens is 277 g/mol. The van der Waals surface area contributed by atoms with Crippen LogP contribution in [0.2, 0.25) is 0 Å². The molecule has 1 atom stereocenters. The molecule has 1 spiro atoms. The van der Waals surface area contributed by atoms with Gasteiger partial charge in [0.1, 0.15) is 0 Å². The maximum atomic E-state index is 12.7. The number of aryl methyl sites for hydroxylation is 1. The molecule has 2 fully saturated rings. The summed E-state index contributed by atoms with van der Waals surface area (Å²) in [4.78, 5) is 2.38. The highest BCUT2D eigenvalue weighted by Crippen LogP contribution is 2.37. The van der Waals surface area contributed by atoms with Crippen LogP contribution >= 0.6 is 0 Å². The van der Waals surface area contributed by atoms with Crippen LogP contribution in [0.15, 0.2) is 18.2 Å². The lowest BCUT2D eigenvalue weighted by atomic mass is 9.86. The molecule has 0 bridgehead atoms. The van der Waals surface area contributed by atoms with E-state index in [-0.39, 0.29) is 0 Å². The zero-order chi connectivity index (χ0) is 15.1. The second kappa shape index (κ2) is 5.29. The van der Waals surface area contributed by atoms with Crippen molar-refractivity contribution in [2.24, 2.45) is 5.41 Å². The van der Waals surface area contributed by atoms with E-state index in [9.17, 15) is 13.2 Å². The molecule has 116 valence electrons. The number of hydrogen-bond acceptors (Lipinski definition) is 2. The smallest absolute Gasteiger partial charge is 0.316 e. The van der Waals surface area contributed by atoms with Crippen molar-refractivity contribution < 1.29 is 13.2 Å². The molecule has 3 rings (SSSR count). The summed E-state index contributed by atoms with van der Waals surface area (Å²) in [6.45, 7) is 6.80. The van der Waals surface area contributed by atoms with Crippen molar-refractivity contribution in [2.45, 2.75) is 32.5 Å². The van der Waals surface area contributed by atoms with Crippen molar-refractivity contribution in [3.63, 3.8) is 0 Å². The van der Waals surface area contributed by atoms with Gasteiger partial charge in [0.05, 0.1) is 5.56 Å². The van der Waals surface area contributed by atoms with E-state index >= 15 is 0 Å². The van der Waals surface area contributed by atoms with Gasteiger partial charge in [-0.15, -0.1) is 0 Å². The zero-order valence-corrected chi connectivity index (χ0v) is 12.3. The third kappa shape index (κ3) is 3.09. The maximum absolute atomic E-state index is 12.7. The first-order chi connectivity index (χ1) is 9.88. The Balaban J connectivity index is 1.68. The van der Waals surface area contributed by atoms with E-state index in [0.717, 1.165) is 43.9 Å². The van der Waals surface area contributed by atoms with Gasteiger partial charge in [0.25, 0.3) is 0 Å². The van der Waals surface area contributed by atoms with Crippen LogP contribution in [0.1, 0.15) is 29.5 Å². The molecule has 0 saturated carbocycles. The van der Waals surface area contributed by atoms with Crippen LogP contribution in [0, 0.1) is 12.3 Å². The van der Waals surface area contributed by atoms with Crippen LogP contribution in [0.3, 0.4) is 0 Å². The maximum Gasteiger partial charge on any atom is 0.416 e. The van der Waals surface area contributed by atoms with Crippen molar-refractivity contribution in [1.82, 2.24) is 10.2 Å². The van der Waals surface area contributed by atoms with Crippen molar-refractivity contribution in [3.8, 4) is 0 Å². The molecule has 5 heteroatoms. The third-order valence-corrected chi connectivity index (χ3v) is 4.91. The zero-order valence-electron chi connectivity index (χ0n) is 12.3. The van der Waals surface area contributed by atoms with Crippen LogP contribution in [-0.4, -0.2) is 31.1 Å². The summed E-state index contributed by atoms with van der Waals surface area (Å²) in [5, 5.41) is 3.42. The van der Waals surface area contributed by atoms with Gasteiger partial charge in [0, 0.05) is 19.6 Å². The molecule has 2 heterocycles. The molecule has 1 N–H and O–H groups in total. The van der Waals surface area contributed by atoms with E-state index in [4.69, 9.17) is 0 Å². The number of nitrogens with zero attached hydrogens (tertiary/aromatic N) is 1. The van der Waals surface area contributed by atoms with Gasteiger partial charge in [0.2, 0.25) is 0 Å². The van der Waals surface area contributed by atoms with Gasteiger partial charge in [-0.3, -0.25) is 4.90 Å². The molecule has 2 aliphatic heterocycles. The number of likely N-dealkylation sites (tertiary alicyclic amines) is 1. The summed E-state index contributed by atoms with van der Waals surface area (Å²) in [6, 6.07) is 4.10. The molecular formula is C16H21F3N2. The Hall–Kier alpha value is -1.07. The number of alkyl halides is 3. The summed E-state index contributed by atoms with van der Waals surface area (Å²) in [5.41, 5.74) is 1.59. The first-order valence-corrected chi connectivity index (χ1v) is 7.48. The Labute approximate surface area is 123 Å². The molecule has 2 nitrogen and oxygen atoms in total. The second-order valence-corrected chi connectivity index (χ2v) is 6.53. The largest absolute Gasteiger partial charge is 0.416 e. The minimum Gasteiger partial charge on any atom is -0.316 e. The summed E-state index contributed by atoms with van der Waals surface area (Å²) >= 11 is 0. The molecule has 2 aliphatic rings. The predicted octanol–water partition coefficient (Wildman–Crippen LogP) is 3.20. The fraction of sp³-hybridized carbons (Fsp3) is 0.625. The monoisotopic (exact) mass is 298 g/mol. The van der Waals surface area contributed by atoms with E-state index < -0.39 is 11.7 Å². The van der Waals surface area contributed by atoms with Gasteiger partial charge in [-0.25, -0.2) is 0 Å². The van der Waals surface area contributed by atoms with Gasteiger partial charge in [-0.2, -0.15) is 13.2 Å². The Morgan fingerprint density at radius 3 is 2.71 bits per heavy atom. The van der Waals surface area contributed by atoms with E-state index in [1.807, 2.05) is 0 Å². The summed E-state index contributed by atoms with van der Waals surface area (Å²) < 4.78 is 38.1. The number of rotatable bonds is 2. The Morgan fingerprint density at radius 1 is 1.29 bits per heavy atom. The van der Waals surface area contributed by atoms with Crippen LogP contribution in [0.5, 0.6) is 0 Å². The van der Waals surface area contributed by atoms with E-state index in [1.54, 1.807) is 13.0 Å². The van der Waals surface area contributed by atoms with Crippen LogP contribution in [0.25, 0.3) is 0 Å². The van der Waals surface area contributed by atoms with Crippen LogP contribution in [-0.2, 0) is 12.7 Å². The minimum absolute atomic E-state index is 0.403. The molecule has 0 aliphatic carbocycles. The molecule has 21 heavy (non-hydrogen) atoms. The lowest BCUT2D eigenvalue weighted by Crippen LogP contribution is -2.29. The predicted molar refractivity (Wildman–Crippen MR) is 76.0 cm³/mol. The Morgan fingerprint density at radius 2 is 2.10 bits per heavy atom. The minimum atomic E-state index is -4.25. The lowest BCUT2D eigenvalue weighted by molar-refractivity contribution is -0.137. The van der Waals surface area contributed by atoms with E-state index in [1.165, 1.54) is 25.0 Å². The van der Waals surface area contributed by atoms with Crippen molar-refractivity contribution >= 4 is 0 Å². The summed E-state index contributed by atoms with van der Waals surface area (Å²) in [6.07, 6.45) is -1.84. The van der Waals surface area contributed by atoms with Crippen molar-refractivity contribution in [2.75, 3.05) is 26.2 Å². The highest BCUT2D eigenvalue weighted by Gasteiger charge is 2.40. The van der Waals surface area contributed by atoms with Crippen molar-refractivity contribution in [1.29, 1.82) is 0 Å². The average molecular weight is 298 g/mol. The number of nitrogens with one attached hydrogen (secondary N) is 1. The highest BCUT2D eigenvalue weighted by molar-refractivity contribution is 5.32. The molecule has 1 aromatic carbocycles. The number of hydrogen-bond donors (Lipinski definition) is 1. The molecule has 0 aromatic heterocycles. The van der Waals surface area contributed by atoms with Crippen molar-refractivity contribution in [3.05, 3.63) is 34.9 Å². The highest BCUT2D eigenvalue weighted by atomic mass is 19.4. The Bertz CT molecular complexity index is 519. The van der Waals surface area contributed by atoms with Gasteiger partial charge < -0.3 is 5.32 Å². The third-order valence-electron chi connectivity index (χ3n) is 4.91. The topological polar surface area (TPSA) is 15.3 Å². The molecule has 0 amide bonds. The van der Waals surface area contributed by atoms with E-state index in [2.05, 4.69) is 10.2 Å². The van der Waals surface area contributed by atoms with Crippen LogP contribution in [0.4, 0.5) is 13.2 Å². The summed E-state index contributed by atoms with van der Waals surface area (Å²) in [5.74, 6) is 0. The normalized spacial score (nSPS) is 26.9. The fourth-order valence-corrected chi connectivity index (χ4v) is 3.60.